The summed E-state index contributed by atoms with van der Waals surface area (Å²) in [5, 5.41) is -0.541. The van der Waals surface area contributed by atoms with Gasteiger partial charge in [0.05, 0.1) is 40.9 Å². The maximum absolute atomic E-state index is 12.6. The monoisotopic (exact) mass is 332 g/mol. The van der Waals surface area contributed by atoms with Gasteiger partial charge in [-0.1, -0.05) is 46.2 Å². The maximum atomic E-state index is 12.6. The van der Waals surface area contributed by atoms with Gasteiger partial charge in [-0.3, -0.25) is 9.59 Å². The first kappa shape index (κ1) is 20.4. The third-order valence-electron chi connectivity index (χ3n) is 4.70. The van der Waals surface area contributed by atoms with Gasteiger partial charge in [0.25, 0.3) is 0 Å². The molecule has 0 N–H and O–H groups in total. The lowest BCUT2D eigenvalue weighted by atomic mass is 9.98. The summed E-state index contributed by atoms with van der Waals surface area (Å²) in [5.41, 5.74) is -0.187. The fourth-order valence-corrected chi connectivity index (χ4v) is 7.53. The van der Waals surface area contributed by atoms with Gasteiger partial charge < -0.3 is 9.47 Å². The molecule has 0 saturated heterocycles. The number of hydrogen-bond donors (Lipinski definition) is 0. The van der Waals surface area contributed by atoms with Crippen molar-refractivity contribution >= 4 is 28.1 Å². The van der Waals surface area contributed by atoms with Gasteiger partial charge in [0.2, 0.25) is 0 Å². The van der Waals surface area contributed by atoms with E-state index < -0.39 is 21.2 Å². The van der Waals surface area contributed by atoms with Crippen molar-refractivity contribution in [2.24, 2.45) is 0 Å². The number of hydrogen-bond acceptors (Lipinski definition) is 4. The largest absolute Gasteiger partial charge is 0.469 e. The number of carbonyl (C=O) groups excluding carboxylic acids is 2. The van der Waals surface area contributed by atoms with Crippen LogP contribution in [-0.2, 0) is 19.1 Å². The minimum Gasteiger partial charge on any atom is -0.469 e. The SMILES string of the molecule is CC[C@](C[C@@H](C(=O)OC)[Si](C)(C)C)(C(=O)OC)[Si](C)(C)C. The van der Waals surface area contributed by atoms with Gasteiger partial charge in [-0.15, -0.1) is 0 Å². The van der Waals surface area contributed by atoms with Crippen LogP contribution in [0.5, 0.6) is 0 Å². The van der Waals surface area contributed by atoms with E-state index in [4.69, 9.17) is 9.47 Å². The molecular formula is C15H32O4Si2. The summed E-state index contributed by atoms with van der Waals surface area (Å²) >= 11 is 0. The minimum absolute atomic E-state index is 0.170. The van der Waals surface area contributed by atoms with Crippen LogP contribution in [0.2, 0.25) is 49.9 Å². The smallest absolute Gasteiger partial charge is 0.308 e. The third-order valence-corrected chi connectivity index (χ3v) is 10.9. The molecule has 124 valence electrons. The van der Waals surface area contributed by atoms with Crippen molar-refractivity contribution in [1.82, 2.24) is 0 Å². The molecular weight excluding hydrogens is 300 g/mol. The third kappa shape index (κ3) is 4.42. The molecule has 21 heavy (non-hydrogen) atoms. The molecule has 0 saturated carbocycles. The Balaban J connectivity index is 5.86. The highest BCUT2D eigenvalue weighted by Gasteiger charge is 2.53. The number of carbonyl (C=O) groups is 2. The molecule has 0 aliphatic heterocycles. The summed E-state index contributed by atoms with van der Waals surface area (Å²) in [4.78, 5) is 24.8. The first-order chi connectivity index (χ1) is 9.37. The first-order valence-corrected chi connectivity index (χ1v) is 14.6. The second kappa shape index (κ2) is 7.09. The predicted octanol–water partition coefficient (Wildman–Crippen LogP) is 3.92. The second-order valence-corrected chi connectivity index (χ2v) is 18.7. The minimum atomic E-state index is -1.88. The van der Waals surface area contributed by atoms with Crippen molar-refractivity contribution in [2.75, 3.05) is 14.2 Å². The second-order valence-electron chi connectivity index (χ2n) is 7.82. The van der Waals surface area contributed by atoms with Crippen LogP contribution in [0.25, 0.3) is 0 Å². The molecule has 0 unspecified atom stereocenters. The van der Waals surface area contributed by atoms with E-state index in [9.17, 15) is 9.59 Å². The predicted molar refractivity (Wildman–Crippen MR) is 92.1 cm³/mol. The highest BCUT2D eigenvalue weighted by atomic mass is 28.3. The van der Waals surface area contributed by atoms with Crippen LogP contribution in [0.4, 0.5) is 0 Å². The van der Waals surface area contributed by atoms with E-state index in [1.165, 1.54) is 14.2 Å². The Kier molecular flexibility index (Phi) is 6.88. The van der Waals surface area contributed by atoms with Crippen LogP contribution in [0.3, 0.4) is 0 Å². The van der Waals surface area contributed by atoms with Crippen LogP contribution >= 0.6 is 0 Å². The van der Waals surface area contributed by atoms with Crippen LogP contribution in [-0.4, -0.2) is 42.3 Å². The molecule has 0 aliphatic rings. The molecule has 0 heterocycles. The van der Waals surface area contributed by atoms with E-state index in [2.05, 4.69) is 39.3 Å². The van der Waals surface area contributed by atoms with Crippen molar-refractivity contribution in [1.29, 1.82) is 0 Å². The molecule has 0 aliphatic carbocycles. The summed E-state index contributed by atoms with van der Waals surface area (Å²) in [6.45, 7) is 15.0. The summed E-state index contributed by atoms with van der Waals surface area (Å²) < 4.78 is 10.1. The molecule has 4 nitrogen and oxygen atoms in total. The zero-order chi connectivity index (χ0) is 17.1. The van der Waals surface area contributed by atoms with E-state index in [1.807, 2.05) is 6.92 Å². The number of methoxy groups -OCH3 is 2. The van der Waals surface area contributed by atoms with E-state index in [-0.39, 0.29) is 17.5 Å². The first-order valence-electron chi connectivity index (χ1n) is 7.53. The Labute approximate surface area is 131 Å². The van der Waals surface area contributed by atoms with Crippen LogP contribution in [0, 0.1) is 0 Å². The fraction of sp³-hybridized carbons (Fsp3) is 0.867. The average molecular weight is 333 g/mol. The standard InChI is InChI=1S/C15H32O4Si2/c1-10-15(14(17)19-3,21(7,8)9)11-12(13(16)18-2)20(4,5)6/h12H,10-11H2,1-9H3/t12-,15-/m0/s1. The van der Waals surface area contributed by atoms with Crippen LogP contribution in [0.15, 0.2) is 0 Å². The molecule has 2 atom stereocenters. The van der Waals surface area contributed by atoms with Gasteiger partial charge in [-0.05, 0) is 12.8 Å². The van der Waals surface area contributed by atoms with Crippen LogP contribution < -0.4 is 0 Å². The van der Waals surface area contributed by atoms with Crippen molar-refractivity contribution in [3.05, 3.63) is 0 Å². The molecule has 0 aromatic heterocycles. The molecule has 0 radical (unpaired) electrons. The van der Waals surface area contributed by atoms with E-state index >= 15 is 0 Å². The summed E-state index contributed by atoms with van der Waals surface area (Å²) in [7, 11) is -0.810. The Morgan fingerprint density at radius 2 is 1.48 bits per heavy atom. The van der Waals surface area contributed by atoms with Crippen molar-refractivity contribution in [2.45, 2.75) is 69.6 Å². The van der Waals surface area contributed by atoms with Gasteiger partial charge in [-0.2, -0.15) is 0 Å². The van der Waals surface area contributed by atoms with E-state index in [0.29, 0.717) is 12.8 Å². The molecule has 0 rings (SSSR count). The zero-order valence-corrected chi connectivity index (χ0v) is 17.1. The number of ether oxygens (including phenoxy) is 2. The Morgan fingerprint density at radius 1 is 1.00 bits per heavy atom. The maximum Gasteiger partial charge on any atom is 0.308 e. The highest BCUT2D eigenvalue weighted by Crippen LogP contribution is 2.51. The lowest BCUT2D eigenvalue weighted by molar-refractivity contribution is -0.146. The lowest BCUT2D eigenvalue weighted by Gasteiger charge is -2.44. The molecule has 0 spiro atoms. The zero-order valence-electron chi connectivity index (χ0n) is 15.1. The quantitative estimate of drug-likeness (QED) is 0.524. The van der Waals surface area contributed by atoms with Gasteiger partial charge in [0.15, 0.2) is 0 Å². The Hall–Kier alpha value is -0.626. The molecule has 0 fully saturated rings. The van der Waals surface area contributed by atoms with Gasteiger partial charge in [-0.25, -0.2) is 0 Å². The number of esters is 2. The normalized spacial score (nSPS) is 16.8. The lowest BCUT2D eigenvalue weighted by Crippen LogP contribution is -2.49. The average Bonchev–Trinajstić information content (AvgIpc) is 2.35. The van der Waals surface area contributed by atoms with Crippen molar-refractivity contribution in [3.63, 3.8) is 0 Å². The number of rotatable bonds is 7. The van der Waals surface area contributed by atoms with Crippen molar-refractivity contribution in [3.8, 4) is 0 Å². The topological polar surface area (TPSA) is 52.6 Å². The molecule has 6 heteroatoms. The Bertz CT molecular complexity index is 382. The fourth-order valence-electron chi connectivity index (χ4n) is 2.94. The van der Waals surface area contributed by atoms with Gasteiger partial charge >= 0.3 is 11.9 Å². The molecule has 0 aromatic carbocycles. The highest BCUT2D eigenvalue weighted by molar-refractivity contribution is 6.83. The van der Waals surface area contributed by atoms with E-state index in [0.717, 1.165) is 0 Å². The van der Waals surface area contributed by atoms with Gasteiger partial charge in [0.1, 0.15) is 0 Å². The van der Waals surface area contributed by atoms with Gasteiger partial charge in [0, 0.05) is 0 Å². The molecule has 0 aromatic rings. The Morgan fingerprint density at radius 3 is 1.71 bits per heavy atom. The van der Waals surface area contributed by atoms with E-state index in [1.54, 1.807) is 0 Å². The summed E-state index contributed by atoms with van der Waals surface area (Å²) in [5.74, 6) is -0.356. The summed E-state index contributed by atoms with van der Waals surface area (Å²) in [6, 6.07) is 0. The van der Waals surface area contributed by atoms with Crippen LogP contribution in [0.1, 0.15) is 19.8 Å². The summed E-state index contributed by atoms with van der Waals surface area (Å²) in [6.07, 6.45) is 1.25. The molecule has 0 bridgehead atoms. The van der Waals surface area contributed by atoms with Crippen molar-refractivity contribution < 1.29 is 19.1 Å². The molecule has 0 amide bonds.